The average Bonchev–Trinajstić information content (AvgIpc) is 2.26. The van der Waals surface area contributed by atoms with E-state index < -0.39 is 0 Å². The maximum Gasteiger partial charge on any atom is 0.253 e. The molecule has 7 heteroatoms. The quantitative estimate of drug-likeness (QED) is 0.401. The number of H-pyrrole nitrogens is 1. The second-order valence-electron chi connectivity index (χ2n) is 3.28. The molecule has 3 N–H and O–H groups in total. The van der Waals surface area contributed by atoms with Crippen molar-refractivity contribution >= 4 is 17.6 Å². The molecule has 17 heavy (non-hydrogen) atoms. The van der Waals surface area contributed by atoms with Crippen LogP contribution in [0, 0.1) is 0 Å². The summed E-state index contributed by atoms with van der Waals surface area (Å²) < 4.78 is 10.2. The second-order valence-corrected chi connectivity index (χ2v) is 4.37. The first-order valence-electron chi connectivity index (χ1n) is 5.28. The summed E-state index contributed by atoms with van der Waals surface area (Å²) in [5.74, 6) is 1.06. The van der Waals surface area contributed by atoms with Crippen molar-refractivity contribution in [2.24, 2.45) is 0 Å². The number of ether oxygens (including phenoxy) is 2. The third-order valence-electron chi connectivity index (χ3n) is 1.84. The lowest BCUT2D eigenvalue weighted by atomic mass is 10.5. The number of nitrogen functional groups attached to an aromatic ring is 1. The molecular formula is C10H17N3O3S. The summed E-state index contributed by atoms with van der Waals surface area (Å²) >= 11 is 1.45. The zero-order valence-electron chi connectivity index (χ0n) is 9.77. The van der Waals surface area contributed by atoms with Crippen molar-refractivity contribution in [2.75, 3.05) is 38.4 Å². The molecule has 1 heterocycles. The van der Waals surface area contributed by atoms with E-state index in [1.54, 1.807) is 7.11 Å². The summed E-state index contributed by atoms with van der Waals surface area (Å²) in [7, 11) is 1.64. The maximum absolute atomic E-state index is 11.1. The Balaban J connectivity index is 2.16. The topological polar surface area (TPSA) is 90.2 Å². The molecule has 0 aliphatic rings. The summed E-state index contributed by atoms with van der Waals surface area (Å²) in [5.41, 5.74) is 5.24. The molecule has 1 aromatic heterocycles. The van der Waals surface area contributed by atoms with Gasteiger partial charge in [-0.3, -0.25) is 4.79 Å². The van der Waals surface area contributed by atoms with Crippen LogP contribution in [-0.4, -0.2) is 42.7 Å². The Kier molecular flexibility index (Phi) is 6.68. The van der Waals surface area contributed by atoms with Gasteiger partial charge in [0.15, 0.2) is 5.16 Å². The largest absolute Gasteiger partial charge is 0.383 e. The third-order valence-corrected chi connectivity index (χ3v) is 2.80. The van der Waals surface area contributed by atoms with E-state index in [1.807, 2.05) is 0 Å². The fourth-order valence-electron chi connectivity index (χ4n) is 1.10. The molecule has 0 bridgehead atoms. The Morgan fingerprint density at radius 3 is 3.00 bits per heavy atom. The Morgan fingerprint density at radius 1 is 1.47 bits per heavy atom. The van der Waals surface area contributed by atoms with E-state index >= 15 is 0 Å². The predicted octanol–water partition coefficient (Wildman–Crippen LogP) is 0.497. The summed E-state index contributed by atoms with van der Waals surface area (Å²) in [4.78, 5) is 17.7. The van der Waals surface area contributed by atoms with E-state index in [-0.39, 0.29) is 11.4 Å². The van der Waals surface area contributed by atoms with Crippen LogP contribution in [0.1, 0.15) is 6.42 Å². The Hall–Kier alpha value is -1.05. The van der Waals surface area contributed by atoms with Gasteiger partial charge in [-0.25, -0.2) is 4.98 Å². The van der Waals surface area contributed by atoms with E-state index in [9.17, 15) is 4.79 Å². The van der Waals surface area contributed by atoms with Crippen LogP contribution < -0.4 is 11.3 Å². The number of anilines is 1. The smallest absolute Gasteiger partial charge is 0.253 e. The van der Waals surface area contributed by atoms with Crippen LogP contribution in [0.3, 0.4) is 0 Å². The number of hydrogen-bond acceptors (Lipinski definition) is 6. The first-order chi connectivity index (χ1) is 8.22. The van der Waals surface area contributed by atoms with E-state index in [4.69, 9.17) is 15.2 Å². The Labute approximate surface area is 104 Å². The van der Waals surface area contributed by atoms with Crippen molar-refractivity contribution in [3.05, 3.63) is 16.4 Å². The van der Waals surface area contributed by atoms with Gasteiger partial charge >= 0.3 is 0 Å². The van der Waals surface area contributed by atoms with Crippen LogP contribution in [0.2, 0.25) is 0 Å². The Morgan fingerprint density at radius 2 is 2.29 bits per heavy atom. The number of aromatic nitrogens is 2. The highest BCUT2D eigenvalue weighted by molar-refractivity contribution is 7.99. The van der Waals surface area contributed by atoms with Crippen LogP contribution >= 0.6 is 11.8 Å². The summed E-state index contributed by atoms with van der Waals surface area (Å²) in [6.07, 6.45) is 0.882. The van der Waals surface area contributed by atoms with Gasteiger partial charge < -0.3 is 20.2 Å². The molecule has 0 spiro atoms. The second kappa shape index (κ2) is 8.10. The molecule has 0 radical (unpaired) electrons. The van der Waals surface area contributed by atoms with Crippen LogP contribution in [0.15, 0.2) is 16.0 Å². The van der Waals surface area contributed by atoms with Gasteiger partial charge in [-0.1, -0.05) is 11.8 Å². The Bertz CT molecular complexity index is 383. The first-order valence-corrected chi connectivity index (χ1v) is 6.27. The number of hydrogen-bond donors (Lipinski definition) is 2. The van der Waals surface area contributed by atoms with Gasteiger partial charge in [0.2, 0.25) is 0 Å². The number of rotatable bonds is 8. The number of aromatic amines is 1. The summed E-state index contributed by atoms with van der Waals surface area (Å²) in [5, 5.41) is 0.548. The highest BCUT2D eigenvalue weighted by Gasteiger charge is 1.99. The third kappa shape index (κ3) is 6.30. The molecule has 96 valence electrons. The molecule has 0 saturated carbocycles. The molecule has 1 rings (SSSR count). The SMILES string of the molecule is COCCOCCCSc1nc(N)cc(=O)[nH]1. The van der Waals surface area contributed by atoms with Crippen molar-refractivity contribution in [1.29, 1.82) is 0 Å². The molecule has 1 aromatic rings. The van der Waals surface area contributed by atoms with Gasteiger partial charge in [-0.2, -0.15) is 0 Å². The van der Waals surface area contributed by atoms with Crippen molar-refractivity contribution in [3.8, 4) is 0 Å². The molecule has 0 unspecified atom stereocenters. The van der Waals surface area contributed by atoms with Gasteiger partial charge in [-0.05, 0) is 6.42 Å². The molecule has 0 amide bonds. The molecule has 0 aliphatic heterocycles. The van der Waals surface area contributed by atoms with Gasteiger partial charge in [-0.15, -0.1) is 0 Å². The normalized spacial score (nSPS) is 10.6. The number of methoxy groups -OCH3 is 1. The fraction of sp³-hybridized carbons (Fsp3) is 0.600. The monoisotopic (exact) mass is 259 g/mol. The summed E-state index contributed by atoms with van der Waals surface area (Å²) in [6, 6.07) is 1.26. The lowest BCUT2D eigenvalue weighted by Gasteiger charge is -2.03. The van der Waals surface area contributed by atoms with Crippen molar-refractivity contribution in [3.63, 3.8) is 0 Å². The maximum atomic E-state index is 11.1. The number of thioether (sulfide) groups is 1. The molecular weight excluding hydrogens is 242 g/mol. The standard InChI is InChI=1S/C10H17N3O3S/c1-15-4-5-16-3-2-6-17-10-12-8(11)7-9(14)13-10/h7H,2-6H2,1H3,(H3,11,12,13,14). The molecule has 0 saturated heterocycles. The van der Waals surface area contributed by atoms with Crippen LogP contribution in [0.5, 0.6) is 0 Å². The zero-order valence-corrected chi connectivity index (χ0v) is 10.6. The first kappa shape index (κ1) is 14.0. The molecule has 0 aliphatic carbocycles. The molecule has 0 aromatic carbocycles. The zero-order chi connectivity index (χ0) is 12.5. The minimum Gasteiger partial charge on any atom is -0.383 e. The summed E-state index contributed by atoms with van der Waals surface area (Å²) in [6.45, 7) is 1.88. The average molecular weight is 259 g/mol. The van der Waals surface area contributed by atoms with Crippen LogP contribution in [0.4, 0.5) is 5.82 Å². The minimum absolute atomic E-state index is 0.226. The van der Waals surface area contributed by atoms with E-state index in [2.05, 4.69) is 9.97 Å². The van der Waals surface area contributed by atoms with E-state index in [1.165, 1.54) is 17.8 Å². The van der Waals surface area contributed by atoms with Gasteiger partial charge in [0.1, 0.15) is 5.82 Å². The van der Waals surface area contributed by atoms with Crippen molar-refractivity contribution in [1.82, 2.24) is 9.97 Å². The van der Waals surface area contributed by atoms with Gasteiger partial charge in [0.05, 0.1) is 13.2 Å². The van der Waals surface area contributed by atoms with E-state index in [0.717, 1.165) is 12.2 Å². The molecule has 0 atom stereocenters. The predicted molar refractivity (Wildman–Crippen MR) is 67.3 cm³/mol. The number of nitrogens with zero attached hydrogens (tertiary/aromatic N) is 1. The highest BCUT2D eigenvalue weighted by atomic mass is 32.2. The minimum atomic E-state index is -0.226. The lowest BCUT2D eigenvalue weighted by molar-refractivity contribution is 0.0713. The highest BCUT2D eigenvalue weighted by Crippen LogP contribution is 2.12. The fourth-order valence-corrected chi connectivity index (χ4v) is 1.89. The van der Waals surface area contributed by atoms with E-state index in [0.29, 0.717) is 25.0 Å². The van der Waals surface area contributed by atoms with Crippen LogP contribution in [-0.2, 0) is 9.47 Å². The molecule has 6 nitrogen and oxygen atoms in total. The van der Waals surface area contributed by atoms with Gasteiger partial charge in [0, 0.05) is 25.5 Å². The van der Waals surface area contributed by atoms with Crippen molar-refractivity contribution in [2.45, 2.75) is 11.6 Å². The van der Waals surface area contributed by atoms with Gasteiger partial charge in [0.25, 0.3) is 5.56 Å². The van der Waals surface area contributed by atoms with Crippen LogP contribution in [0.25, 0.3) is 0 Å². The van der Waals surface area contributed by atoms with Crippen molar-refractivity contribution < 1.29 is 9.47 Å². The number of nitrogens with two attached hydrogens (primary N) is 1. The molecule has 0 fully saturated rings. The number of nitrogens with one attached hydrogen (secondary N) is 1. The lowest BCUT2D eigenvalue weighted by Crippen LogP contribution is -2.09.